The fourth-order valence-electron chi connectivity index (χ4n) is 3.69. The van der Waals surface area contributed by atoms with Crippen LogP contribution in [0.15, 0.2) is 77.7 Å². The van der Waals surface area contributed by atoms with Crippen LogP contribution in [0.2, 0.25) is 5.02 Å². The molecule has 0 aliphatic heterocycles. The molecule has 0 radical (unpaired) electrons. The van der Waals surface area contributed by atoms with Gasteiger partial charge in [0, 0.05) is 10.6 Å². The van der Waals surface area contributed by atoms with Crippen molar-refractivity contribution in [2.75, 3.05) is 10.8 Å². The van der Waals surface area contributed by atoms with Crippen molar-refractivity contribution in [2.24, 2.45) is 0 Å². The van der Waals surface area contributed by atoms with Gasteiger partial charge in [0.25, 0.3) is 10.0 Å². The third-order valence-electron chi connectivity index (χ3n) is 5.30. The van der Waals surface area contributed by atoms with Gasteiger partial charge in [-0.3, -0.25) is 9.10 Å². The van der Waals surface area contributed by atoms with Crippen LogP contribution in [0.4, 0.5) is 5.69 Å². The molecule has 0 bridgehead atoms. The zero-order valence-electron chi connectivity index (χ0n) is 19.3. The van der Waals surface area contributed by atoms with Crippen molar-refractivity contribution in [1.29, 1.82) is 0 Å². The lowest BCUT2D eigenvalue weighted by Gasteiger charge is -2.30. The Balaban J connectivity index is 1.92. The number of carbonyl (C=O) groups excluding carboxylic acids is 1. The number of anilines is 1. The van der Waals surface area contributed by atoms with Crippen LogP contribution >= 0.6 is 11.6 Å². The van der Waals surface area contributed by atoms with Crippen LogP contribution < -0.4 is 9.62 Å². The summed E-state index contributed by atoms with van der Waals surface area (Å²) in [5.41, 5.74) is 2.53. The van der Waals surface area contributed by atoms with E-state index in [1.165, 1.54) is 0 Å². The first-order chi connectivity index (χ1) is 15.5. The van der Waals surface area contributed by atoms with E-state index in [-0.39, 0.29) is 11.4 Å². The van der Waals surface area contributed by atoms with Crippen LogP contribution in [0.25, 0.3) is 0 Å². The molecule has 0 fully saturated rings. The van der Waals surface area contributed by atoms with Crippen LogP contribution in [0, 0.1) is 13.8 Å². The summed E-state index contributed by atoms with van der Waals surface area (Å²) >= 11 is 6.19. The highest BCUT2D eigenvalue weighted by molar-refractivity contribution is 7.92. The van der Waals surface area contributed by atoms with E-state index in [1.54, 1.807) is 49.4 Å². The quantitative estimate of drug-likeness (QED) is 0.472. The molecular weight excluding hydrogens is 456 g/mol. The molecule has 0 saturated heterocycles. The summed E-state index contributed by atoms with van der Waals surface area (Å²) in [6.07, 6.45) is 0.612. The van der Waals surface area contributed by atoms with E-state index < -0.39 is 21.5 Å². The number of rotatable bonds is 8. The maximum absolute atomic E-state index is 13.6. The van der Waals surface area contributed by atoms with Gasteiger partial charge >= 0.3 is 0 Å². The molecule has 0 saturated carbocycles. The number of sulfonamides is 1. The molecule has 0 aromatic heterocycles. The predicted octanol–water partition coefficient (Wildman–Crippen LogP) is 5.29. The van der Waals surface area contributed by atoms with E-state index in [2.05, 4.69) is 5.32 Å². The Morgan fingerprint density at radius 1 is 0.970 bits per heavy atom. The molecule has 1 N–H and O–H groups in total. The van der Waals surface area contributed by atoms with Crippen LogP contribution in [0.3, 0.4) is 0 Å². The van der Waals surface area contributed by atoms with Gasteiger partial charge in [0.05, 0.1) is 10.6 Å². The molecule has 0 unspecified atom stereocenters. The van der Waals surface area contributed by atoms with Crippen molar-refractivity contribution in [1.82, 2.24) is 5.32 Å². The number of aryl methyl sites for hydroxylation is 2. The second-order valence-corrected chi connectivity index (χ2v) is 11.1. The van der Waals surface area contributed by atoms with E-state index in [4.69, 9.17) is 11.6 Å². The highest BCUT2D eigenvalue weighted by Crippen LogP contribution is 2.29. The number of benzene rings is 3. The highest BCUT2D eigenvalue weighted by Gasteiger charge is 2.30. The lowest BCUT2D eigenvalue weighted by molar-refractivity contribution is -0.121. The smallest absolute Gasteiger partial charge is 0.264 e. The Bertz CT molecular complexity index is 1220. The minimum absolute atomic E-state index is 0.115. The molecule has 33 heavy (non-hydrogen) atoms. The number of hydrogen-bond donors (Lipinski definition) is 1. The van der Waals surface area contributed by atoms with Crippen molar-refractivity contribution in [2.45, 2.75) is 44.6 Å². The summed E-state index contributed by atoms with van der Waals surface area (Å²) in [5, 5.41) is 3.39. The summed E-state index contributed by atoms with van der Waals surface area (Å²) in [6.45, 7) is 7.15. The number of nitrogens with one attached hydrogen (secondary N) is 1. The molecule has 174 valence electrons. The maximum atomic E-state index is 13.6. The zero-order valence-corrected chi connectivity index (χ0v) is 20.9. The van der Waals surface area contributed by atoms with E-state index in [0.717, 1.165) is 15.4 Å². The van der Waals surface area contributed by atoms with Crippen molar-refractivity contribution in [3.05, 3.63) is 94.5 Å². The van der Waals surface area contributed by atoms with E-state index in [1.807, 2.05) is 51.1 Å². The topological polar surface area (TPSA) is 66.5 Å². The SMILES string of the molecule is Cc1ccc(S(=O)(=O)N(CC(=O)NC(C)(C)Cc2ccccc2)c2cc(Cl)ccc2C)cc1. The largest absolute Gasteiger partial charge is 0.349 e. The van der Waals surface area contributed by atoms with Crippen molar-refractivity contribution in [3.63, 3.8) is 0 Å². The monoisotopic (exact) mass is 484 g/mol. The van der Waals surface area contributed by atoms with E-state index >= 15 is 0 Å². The molecule has 3 aromatic carbocycles. The number of halogens is 1. The maximum Gasteiger partial charge on any atom is 0.264 e. The lowest BCUT2D eigenvalue weighted by atomic mass is 9.95. The minimum Gasteiger partial charge on any atom is -0.349 e. The molecule has 0 aliphatic carbocycles. The van der Waals surface area contributed by atoms with Gasteiger partial charge in [0.2, 0.25) is 5.91 Å². The Morgan fingerprint density at radius 3 is 2.24 bits per heavy atom. The minimum atomic E-state index is -4.01. The summed E-state index contributed by atoms with van der Waals surface area (Å²) < 4.78 is 28.3. The predicted molar refractivity (Wildman–Crippen MR) is 134 cm³/mol. The first kappa shape index (κ1) is 24.8. The average Bonchev–Trinajstić information content (AvgIpc) is 2.74. The van der Waals surface area contributed by atoms with Crippen LogP contribution in [-0.2, 0) is 21.2 Å². The molecule has 1 amide bonds. The summed E-state index contributed by atoms with van der Waals surface area (Å²) in [5.74, 6) is -0.397. The van der Waals surface area contributed by atoms with Crippen LogP contribution in [0.1, 0.15) is 30.5 Å². The molecule has 3 aromatic rings. The standard InChI is InChI=1S/C26H29ClN2O3S/c1-19-10-14-23(15-11-19)33(31,32)29(24-16-22(27)13-12-20(24)2)18-25(30)28-26(3,4)17-21-8-6-5-7-9-21/h5-16H,17-18H2,1-4H3,(H,28,30). The molecule has 5 nitrogen and oxygen atoms in total. The molecule has 0 spiro atoms. The molecule has 0 heterocycles. The summed E-state index contributed by atoms with van der Waals surface area (Å²) in [7, 11) is -4.01. The Labute approximate surface area is 201 Å². The third kappa shape index (κ3) is 6.36. The van der Waals surface area contributed by atoms with Crippen molar-refractivity contribution < 1.29 is 13.2 Å². The highest BCUT2D eigenvalue weighted by atomic mass is 35.5. The second-order valence-electron chi connectivity index (χ2n) is 8.85. The average molecular weight is 485 g/mol. The Morgan fingerprint density at radius 2 is 1.61 bits per heavy atom. The third-order valence-corrected chi connectivity index (χ3v) is 7.31. The fraction of sp³-hybridized carbons (Fsp3) is 0.269. The van der Waals surface area contributed by atoms with E-state index in [0.29, 0.717) is 22.7 Å². The van der Waals surface area contributed by atoms with Gasteiger partial charge in [-0.25, -0.2) is 8.42 Å². The first-order valence-corrected chi connectivity index (χ1v) is 12.5. The van der Waals surface area contributed by atoms with Crippen molar-refractivity contribution in [3.8, 4) is 0 Å². The zero-order chi connectivity index (χ0) is 24.2. The van der Waals surface area contributed by atoms with Gasteiger partial charge in [-0.15, -0.1) is 0 Å². The molecule has 7 heteroatoms. The molecule has 0 aliphatic rings. The number of carbonyl (C=O) groups is 1. The van der Waals surface area contributed by atoms with Gasteiger partial charge in [0.15, 0.2) is 0 Å². The van der Waals surface area contributed by atoms with Crippen LogP contribution in [-0.4, -0.2) is 26.4 Å². The van der Waals surface area contributed by atoms with Gasteiger partial charge in [-0.05, 0) is 69.5 Å². The molecular formula is C26H29ClN2O3S. The van der Waals surface area contributed by atoms with Gasteiger partial charge in [-0.1, -0.05) is 65.7 Å². The molecule has 0 atom stereocenters. The van der Waals surface area contributed by atoms with Gasteiger partial charge in [0.1, 0.15) is 6.54 Å². The first-order valence-electron chi connectivity index (χ1n) is 10.7. The Kier molecular flexibility index (Phi) is 7.50. The fourth-order valence-corrected chi connectivity index (χ4v) is 5.33. The number of nitrogens with zero attached hydrogens (tertiary/aromatic N) is 1. The summed E-state index contributed by atoms with van der Waals surface area (Å²) in [6, 6.07) is 21.4. The number of amides is 1. The second kappa shape index (κ2) is 9.98. The normalized spacial score (nSPS) is 11.8. The Hall–Kier alpha value is -2.83. The van der Waals surface area contributed by atoms with Crippen molar-refractivity contribution >= 4 is 33.2 Å². The summed E-state index contributed by atoms with van der Waals surface area (Å²) in [4.78, 5) is 13.2. The van der Waals surface area contributed by atoms with Gasteiger partial charge < -0.3 is 5.32 Å². The lowest BCUT2D eigenvalue weighted by Crippen LogP contribution is -2.50. The van der Waals surface area contributed by atoms with Crippen LogP contribution in [0.5, 0.6) is 0 Å². The molecule has 3 rings (SSSR count). The van der Waals surface area contributed by atoms with Gasteiger partial charge in [-0.2, -0.15) is 0 Å². The number of hydrogen-bond acceptors (Lipinski definition) is 3. The van der Waals surface area contributed by atoms with E-state index in [9.17, 15) is 13.2 Å².